The van der Waals surface area contributed by atoms with Gasteiger partial charge in [0.25, 0.3) is 5.91 Å². The van der Waals surface area contributed by atoms with Crippen molar-refractivity contribution in [2.24, 2.45) is 0 Å². The fraction of sp³-hybridized carbons (Fsp3) is 0.310. The molecule has 0 aliphatic carbocycles. The molecule has 1 atom stereocenters. The lowest BCUT2D eigenvalue weighted by Crippen LogP contribution is -2.38. The minimum absolute atomic E-state index is 0.247. The maximum absolute atomic E-state index is 12.9. The van der Waals surface area contributed by atoms with Crippen LogP contribution in [0.5, 0.6) is 0 Å². The third-order valence-corrected chi connectivity index (χ3v) is 8.59. The van der Waals surface area contributed by atoms with Crippen molar-refractivity contribution in [2.75, 3.05) is 11.9 Å². The first-order chi connectivity index (χ1) is 18.8. The van der Waals surface area contributed by atoms with Gasteiger partial charge in [0, 0.05) is 41.7 Å². The maximum Gasteiger partial charge on any atom is 0.256 e. The van der Waals surface area contributed by atoms with Gasteiger partial charge < -0.3 is 5.32 Å². The number of fused-ring (bicyclic) bond motifs is 1. The Bertz CT molecular complexity index is 1630. The van der Waals surface area contributed by atoms with Crippen molar-refractivity contribution in [1.82, 2.24) is 23.7 Å². The van der Waals surface area contributed by atoms with Crippen LogP contribution < -0.4 is 5.32 Å². The van der Waals surface area contributed by atoms with Gasteiger partial charge in [-0.15, -0.1) is 0 Å². The monoisotopic (exact) mass is 544 g/mol. The van der Waals surface area contributed by atoms with E-state index < -0.39 is 16.1 Å². The van der Waals surface area contributed by atoms with E-state index >= 15 is 0 Å². The van der Waals surface area contributed by atoms with E-state index in [2.05, 4.69) is 28.8 Å². The molecule has 4 aromatic rings. The number of aryl methyl sites for hydroxylation is 2. The van der Waals surface area contributed by atoms with Crippen molar-refractivity contribution in [3.63, 3.8) is 0 Å². The number of carbonyl (C=O) groups is 1. The van der Waals surface area contributed by atoms with E-state index in [9.17, 15) is 13.2 Å². The Kier molecular flexibility index (Phi) is 7.58. The molecule has 5 rings (SSSR count). The molecule has 3 aromatic heterocycles. The molecule has 1 amide bonds. The number of nitrogens with one attached hydrogen (secondary N) is 1. The van der Waals surface area contributed by atoms with Gasteiger partial charge >= 0.3 is 0 Å². The van der Waals surface area contributed by atoms with Gasteiger partial charge in [-0.25, -0.2) is 18.4 Å². The molecule has 202 valence electrons. The smallest absolute Gasteiger partial charge is 0.256 e. The zero-order valence-electron chi connectivity index (χ0n) is 22.2. The molecule has 4 heterocycles. The van der Waals surface area contributed by atoms with Crippen LogP contribution in [-0.2, 0) is 16.4 Å². The van der Waals surface area contributed by atoms with Crippen LogP contribution in [-0.4, -0.2) is 44.5 Å². The number of aromatic nitrogens is 4. The molecule has 10 heteroatoms. The number of benzene rings is 1. The predicted octanol–water partition coefficient (Wildman–Crippen LogP) is 5.30. The summed E-state index contributed by atoms with van der Waals surface area (Å²) in [5.74, 6) is 0.923. The van der Waals surface area contributed by atoms with E-state index in [4.69, 9.17) is 4.98 Å². The number of piperidine rings is 1. The number of anilines is 1. The molecule has 1 fully saturated rings. The van der Waals surface area contributed by atoms with Gasteiger partial charge in [-0.3, -0.25) is 14.2 Å². The summed E-state index contributed by atoms with van der Waals surface area (Å²) in [6.07, 6.45) is 9.53. The topological polar surface area (TPSA) is 110 Å². The first-order valence-electron chi connectivity index (χ1n) is 13.2. The van der Waals surface area contributed by atoms with Crippen LogP contribution in [0.1, 0.15) is 66.1 Å². The molecule has 1 aromatic carbocycles. The number of sulfonamides is 1. The standard InChI is InChI=1S/C29H32N6O3S/c1-4-8-21-14-15-31-25(19-21)32-29(36)23-12-10-22(11-13-23)26-27-20(3)30-16-18-34(27)28(33-26)24-9-6-7-17-35(24)39(37,38)5-2/h5,10-16,18-19,24H,2,4,6-9,17H2,1,3H3,(H,31,32,36). The van der Waals surface area contributed by atoms with Crippen LogP contribution >= 0.6 is 0 Å². The second-order valence-corrected chi connectivity index (χ2v) is 11.5. The number of hydrogen-bond acceptors (Lipinski definition) is 6. The van der Waals surface area contributed by atoms with Gasteiger partial charge in [0.2, 0.25) is 10.0 Å². The number of amides is 1. The molecule has 0 radical (unpaired) electrons. The van der Waals surface area contributed by atoms with Crippen LogP contribution in [0, 0.1) is 6.92 Å². The molecule has 1 aliphatic rings. The highest BCUT2D eigenvalue weighted by Crippen LogP contribution is 2.36. The van der Waals surface area contributed by atoms with Gasteiger partial charge in [0.15, 0.2) is 0 Å². The Morgan fingerprint density at radius 3 is 2.69 bits per heavy atom. The van der Waals surface area contributed by atoms with Crippen molar-refractivity contribution in [3.8, 4) is 11.3 Å². The Morgan fingerprint density at radius 2 is 1.95 bits per heavy atom. The molecule has 9 nitrogen and oxygen atoms in total. The molecule has 0 saturated carbocycles. The van der Waals surface area contributed by atoms with Gasteiger partial charge in [-0.05, 0) is 56.0 Å². The van der Waals surface area contributed by atoms with E-state index in [0.29, 0.717) is 35.9 Å². The van der Waals surface area contributed by atoms with Crippen molar-refractivity contribution >= 4 is 27.3 Å². The molecular weight excluding hydrogens is 512 g/mol. The average Bonchev–Trinajstić information content (AvgIpc) is 3.34. The first kappa shape index (κ1) is 26.7. The highest BCUT2D eigenvalue weighted by molar-refractivity contribution is 7.92. The largest absolute Gasteiger partial charge is 0.307 e. The minimum atomic E-state index is -3.62. The average molecular weight is 545 g/mol. The second kappa shape index (κ2) is 11.1. The Hall–Kier alpha value is -3.89. The van der Waals surface area contributed by atoms with Gasteiger partial charge in [0.05, 0.1) is 22.9 Å². The molecule has 1 N–H and O–H groups in total. The Morgan fingerprint density at radius 1 is 1.15 bits per heavy atom. The van der Waals surface area contributed by atoms with Gasteiger partial charge in [-0.1, -0.05) is 38.5 Å². The van der Waals surface area contributed by atoms with Crippen LogP contribution in [0.2, 0.25) is 0 Å². The number of nitrogens with zero attached hydrogens (tertiary/aromatic N) is 5. The summed E-state index contributed by atoms with van der Waals surface area (Å²) in [4.78, 5) is 26.6. The zero-order valence-corrected chi connectivity index (χ0v) is 23.0. The summed E-state index contributed by atoms with van der Waals surface area (Å²) >= 11 is 0. The third kappa shape index (κ3) is 5.35. The Labute approximate surface area is 228 Å². The van der Waals surface area contributed by atoms with Crippen molar-refractivity contribution in [3.05, 3.63) is 89.6 Å². The molecule has 1 unspecified atom stereocenters. The molecule has 1 saturated heterocycles. The van der Waals surface area contributed by atoms with Crippen LogP contribution in [0.15, 0.2) is 67.0 Å². The van der Waals surface area contributed by atoms with Crippen molar-refractivity contribution in [2.45, 2.75) is 52.0 Å². The number of imidazole rings is 1. The summed E-state index contributed by atoms with van der Waals surface area (Å²) in [5.41, 5.74) is 4.71. The number of pyridine rings is 1. The lowest BCUT2D eigenvalue weighted by molar-refractivity contribution is 0.102. The Balaban J connectivity index is 1.48. The number of hydrogen-bond donors (Lipinski definition) is 1. The summed E-state index contributed by atoms with van der Waals surface area (Å²) in [6.45, 7) is 7.96. The summed E-state index contributed by atoms with van der Waals surface area (Å²) in [6, 6.07) is 10.7. The summed E-state index contributed by atoms with van der Waals surface area (Å²) < 4.78 is 29.1. The quantitative estimate of drug-likeness (QED) is 0.322. The summed E-state index contributed by atoms with van der Waals surface area (Å²) in [7, 11) is -3.62. The molecule has 1 aliphatic heterocycles. The molecule has 0 bridgehead atoms. The number of rotatable bonds is 8. The van der Waals surface area contributed by atoms with E-state index in [1.165, 1.54) is 4.31 Å². The maximum atomic E-state index is 12.9. The predicted molar refractivity (Wildman–Crippen MR) is 152 cm³/mol. The second-order valence-electron chi connectivity index (χ2n) is 9.71. The molecule has 0 spiro atoms. The van der Waals surface area contributed by atoms with Gasteiger partial charge in [-0.2, -0.15) is 4.31 Å². The van der Waals surface area contributed by atoms with E-state index in [1.54, 1.807) is 24.5 Å². The lowest BCUT2D eigenvalue weighted by Gasteiger charge is -2.32. The summed E-state index contributed by atoms with van der Waals surface area (Å²) in [5, 5.41) is 3.88. The van der Waals surface area contributed by atoms with Crippen LogP contribution in [0.4, 0.5) is 5.82 Å². The first-order valence-corrected chi connectivity index (χ1v) is 14.7. The highest BCUT2D eigenvalue weighted by Gasteiger charge is 2.35. The molecular formula is C29H32N6O3S. The highest BCUT2D eigenvalue weighted by atomic mass is 32.2. The number of carbonyl (C=O) groups excluding carboxylic acids is 1. The lowest BCUT2D eigenvalue weighted by atomic mass is 10.0. The van der Waals surface area contributed by atoms with Crippen molar-refractivity contribution < 1.29 is 13.2 Å². The fourth-order valence-electron chi connectivity index (χ4n) is 5.17. The van der Waals surface area contributed by atoms with E-state index in [-0.39, 0.29) is 5.91 Å². The van der Waals surface area contributed by atoms with E-state index in [1.807, 2.05) is 41.8 Å². The van der Waals surface area contributed by atoms with Crippen LogP contribution in [0.3, 0.4) is 0 Å². The fourth-order valence-corrected chi connectivity index (χ4v) is 6.30. The SMILES string of the molecule is C=CS(=O)(=O)N1CCCCC1c1nc(-c2ccc(C(=O)Nc3cc(CCC)ccn3)cc2)c2c(C)nccn12. The van der Waals surface area contributed by atoms with Gasteiger partial charge in [0.1, 0.15) is 11.6 Å². The third-order valence-electron chi connectivity index (χ3n) is 7.08. The van der Waals surface area contributed by atoms with Crippen molar-refractivity contribution in [1.29, 1.82) is 0 Å². The zero-order chi connectivity index (χ0) is 27.6. The normalized spacial score (nSPS) is 16.3. The molecule has 39 heavy (non-hydrogen) atoms. The van der Waals surface area contributed by atoms with Crippen LogP contribution in [0.25, 0.3) is 16.8 Å². The minimum Gasteiger partial charge on any atom is -0.307 e. The van der Waals surface area contributed by atoms with E-state index in [0.717, 1.165) is 53.4 Å².